The van der Waals surface area contributed by atoms with Crippen molar-refractivity contribution < 1.29 is 9.84 Å². The minimum atomic E-state index is -0.0516. The van der Waals surface area contributed by atoms with E-state index in [2.05, 4.69) is 20.6 Å². The molecule has 0 aromatic carbocycles. The standard InChI is InChI=1S/C4H6N4O2/c9-1-2-10-4-3-5-7-8-6-4/h3,9H,1-2H2. The number of nitrogens with zero attached hydrogens (tertiary/aromatic N) is 4. The van der Waals surface area contributed by atoms with Gasteiger partial charge in [-0.25, -0.2) is 0 Å². The van der Waals surface area contributed by atoms with Crippen LogP contribution in [0.15, 0.2) is 6.20 Å². The number of aliphatic hydroxyl groups excluding tert-OH is 1. The zero-order chi connectivity index (χ0) is 7.23. The monoisotopic (exact) mass is 142 g/mol. The summed E-state index contributed by atoms with van der Waals surface area (Å²) in [6.45, 7) is 0.143. The molecule has 6 nitrogen and oxygen atoms in total. The molecule has 0 unspecified atom stereocenters. The lowest BCUT2D eigenvalue weighted by Crippen LogP contribution is -2.04. The Hall–Kier alpha value is -1.30. The minimum absolute atomic E-state index is 0.0516. The van der Waals surface area contributed by atoms with Crippen molar-refractivity contribution in [3.8, 4) is 5.88 Å². The quantitative estimate of drug-likeness (QED) is 0.561. The summed E-state index contributed by atoms with van der Waals surface area (Å²) in [6, 6.07) is 0. The van der Waals surface area contributed by atoms with Crippen LogP contribution in [0.2, 0.25) is 0 Å². The van der Waals surface area contributed by atoms with Gasteiger partial charge in [0.2, 0.25) is 0 Å². The fraction of sp³-hybridized carbons (Fsp3) is 0.500. The van der Waals surface area contributed by atoms with Crippen LogP contribution in [-0.4, -0.2) is 38.9 Å². The molecule has 0 bridgehead atoms. The largest absolute Gasteiger partial charge is 0.473 e. The second kappa shape index (κ2) is 3.67. The van der Waals surface area contributed by atoms with Crippen molar-refractivity contribution in [1.82, 2.24) is 20.6 Å². The van der Waals surface area contributed by atoms with E-state index in [0.717, 1.165) is 0 Å². The lowest BCUT2D eigenvalue weighted by Gasteiger charge is -1.97. The van der Waals surface area contributed by atoms with Crippen molar-refractivity contribution in [2.45, 2.75) is 0 Å². The smallest absolute Gasteiger partial charge is 0.255 e. The van der Waals surface area contributed by atoms with Crippen molar-refractivity contribution in [2.24, 2.45) is 0 Å². The van der Waals surface area contributed by atoms with Crippen molar-refractivity contribution in [3.05, 3.63) is 6.20 Å². The molecule has 1 rings (SSSR count). The van der Waals surface area contributed by atoms with Gasteiger partial charge in [-0.2, -0.15) is 0 Å². The van der Waals surface area contributed by atoms with Gasteiger partial charge in [0.25, 0.3) is 5.88 Å². The van der Waals surface area contributed by atoms with E-state index in [1.807, 2.05) is 0 Å². The second-order valence-corrected chi connectivity index (χ2v) is 1.43. The van der Waals surface area contributed by atoms with Crippen LogP contribution in [0, 0.1) is 0 Å². The molecule has 0 saturated heterocycles. The summed E-state index contributed by atoms with van der Waals surface area (Å²) in [4.78, 5) is 0. The second-order valence-electron chi connectivity index (χ2n) is 1.43. The van der Waals surface area contributed by atoms with E-state index in [1.54, 1.807) is 0 Å². The summed E-state index contributed by atoms with van der Waals surface area (Å²) in [5.74, 6) is 0.268. The summed E-state index contributed by atoms with van der Waals surface area (Å²) < 4.78 is 4.83. The Balaban J connectivity index is 2.43. The van der Waals surface area contributed by atoms with Gasteiger partial charge >= 0.3 is 0 Å². The minimum Gasteiger partial charge on any atom is -0.473 e. The van der Waals surface area contributed by atoms with Gasteiger partial charge in [-0.15, -0.1) is 5.10 Å². The van der Waals surface area contributed by atoms with Crippen LogP contribution in [0.1, 0.15) is 0 Å². The normalized spacial score (nSPS) is 9.30. The zero-order valence-corrected chi connectivity index (χ0v) is 5.14. The molecule has 0 aliphatic heterocycles. The van der Waals surface area contributed by atoms with E-state index in [1.165, 1.54) is 6.20 Å². The highest BCUT2D eigenvalue weighted by Crippen LogP contribution is 1.96. The summed E-state index contributed by atoms with van der Waals surface area (Å²) >= 11 is 0. The van der Waals surface area contributed by atoms with Crippen LogP contribution in [0.4, 0.5) is 0 Å². The van der Waals surface area contributed by atoms with Crippen LogP contribution in [0.25, 0.3) is 0 Å². The number of aromatic nitrogens is 4. The predicted octanol–water partition coefficient (Wildman–Crippen LogP) is -1.36. The number of rotatable bonds is 3. The molecule has 10 heavy (non-hydrogen) atoms. The molecule has 0 aliphatic rings. The Morgan fingerprint density at radius 1 is 1.50 bits per heavy atom. The van der Waals surface area contributed by atoms with Gasteiger partial charge in [0.05, 0.1) is 6.61 Å². The van der Waals surface area contributed by atoms with Crippen LogP contribution in [0.5, 0.6) is 5.88 Å². The molecule has 1 N–H and O–H groups in total. The molecule has 1 heterocycles. The van der Waals surface area contributed by atoms with Gasteiger partial charge < -0.3 is 9.84 Å². The molecular formula is C4H6N4O2. The summed E-state index contributed by atoms with van der Waals surface area (Å²) in [7, 11) is 0. The number of ether oxygens (including phenoxy) is 1. The third-order valence-corrected chi connectivity index (χ3v) is 0.744. The average Bonchev–Trinajstić information content (AvgIpc) is 2.03. The van der Waals surface area contributed by atoms with E-state index >= 15 is 0 Å². The van der Waals surface area contributed by atoms with E-state index < -0.39 is 0 Å². The molecule has 1 aromatic rings. The van der Waals surface area contributed by atoms with Crippen LogP contribution in [-0.2, 0) is 0 Å². The summed E-state index contributed by atoms with van der Waals surface area (Å²) in [5, 5.41) is 21.6. The number of hydrogen-bond donors (Lipinski definition) is 1. The first-order chi connectivity index (χ1) is 4.93. The summed E-state index contributed by atoms with van der Waals surface area (Å²) in [6.07, 6.45) is 1.32. The lowest BCUT2D eigenvalue weighted by molar-refractivity contribution is 0.194. The third-order valence-electron chi connectivity index (χ3n) is 0.744. The summed E-state index contributed by atoms with van der Waals surface area (Å²) in [5.41, 5.74) is 0. The molecule has 0 radical (unpaired) electrons. The molecule has 54 valence electrons. The van der Waals surface area contributed by atoms with E-state index in [0.29, 0.717) is 0 Å². The molecule has 0 fully saturated rings. The van der Waals surface area contributed by atoms with Gasteiger partial charge in [0, 0.05) is 0 Å². The number of hydrogen-bond acceptors (Lipinski definition) is 6. The fourth-order valence-electron chi connectivity index (χ4n) is 0.405. The predicted molar refractivity (Wildman–Crippen MR) is 30.2 cm³/mol. The molecule has 0 amide bonds. The first kappa shape index (κ1) is 6.81. The van der Waals surface area contributed by atoms with Crippen LogP contribution in [0.3, 0.4) is 0 Å². The average molecular weight is 142 g/mol. The van der Waals surface area contributed by atoms with E-state index in [9.17, 15) is 0 Å². The lowest BCUT2D eigenvalue weighted by atomic mass is 10.7. The van der Waals surface area contributed by atoms with Crippen LogP contribution < -0.4 is 4.74 Å². The van der Waals surface area contributed by atoms with Crippen molar-refractivity contribution >= 4 is 0 Å². The third kappa shape index (κ3) is 1.90. The van der Waals surface area contributed by atoms with Crippen molar-refractivity contribution in [2.75, 3.05) is 13.2 Å². The number of aliphatic hydroxyl groups is 1. The first-order valence-electron chi connectivity index (χ1n) is 2.68. The maximum Gasteiger partial charge on any atom is 0.255 e. The first-order valence-corrected chi connectivity index (χ1v) is 2.68. The molecule has 0 atom stereocenters. The van der Waals surface area contributed by atoms with E-state index in [4.69, 9.17) is 9.84 Å². The van der Waals surface area contributed by atoms with Gasteiger partial charge in [-0.1, -0.05) is 5.10 Å². The Morgan fingerprint density at radius 3 is 3.00 bits per heavy atom. The topological polar surface area (TPSA) is 81.0 Å². The SMILES string of the molecule is OCCOc1cnnnn1. The fourth-order valence-corrected chi connectivity index (χ4v) is 0.405. The highest BCUT2D eigenvalue weighted by Gasteiger charge is 1.92. The van der Waals surface area contributed by atoms with Crippen molar-refractivity contribution in [1.29, 1.82) is 0 Å². The Bertz CT molecular complexity index is 180. The van der Waals surface area contributed by atoms with Crippen molar-refractivity contribution in [3.63, 3.8) is 0 Å². The molecule has 0 aliphatic carbocycles. The molecular weight excluding hydrogens is 136 g/mol. The van der Waals surface area contributed by atoms with Gasteiger partial charge in [-0.3, -0.25) is 0 Å². The van der Waals surface area contributed by atoms with Gasteiger partial charge in [0.15, 0.2) is 0 Å². The highest BCUT2D eigenvalue weighted by molar-refractivity contribution is 4.95. The highest BCUT2D eigenvalue weighted by atomic mass is 16.5. The van der Waals surface area contributed by atoms with Crippen LogP contribution >= 0.6 is 0 Å². The zero-order valence-electron chi connectivity index (χ0n) is 5.14. The Labute approximate surface area is 56.9 Å². The maximum absolute atomic E-state index is 8.32. The molecule has 1 aromatic heterocycles. The molecule has 0 saturated carbocycles. The van der Waals surface area contributed by atoms with Gasteiger partial charge in [0.1, 0.15) is 12.8 Å². The van der Waals surface area contributed by atoms with Gasteiger partial charge in [-0.05, 0) is 10.4 Å². The Morgan fingerprint density at radius 2 is 2.40 bits per heavy atom. The van der Waals surface area contributed by atoms with E-state index in [-0.39, 0.29) is 19.1 Å². The molecule has 0 spiro atoms. The Kier molecular flexibility index (Phi) is 2.50. The molecule has 6 heteroatoms. The maximum atomic E-state index is 8.32.